The molecular formula is C19H23N3O3. The predicted molar refractivity (Wildman–Crippen MR) is 92.7 cm³/mol. The van der Waals surface area contributed by atoms with Crippen molar-refractivity contribution in [1.29, 1.82) is 0 Å². The Balaban J connectivity index is 1.89. The molecule has 1 aromatic rings. The summed E-state index contributed by atoms with van der Waals surface area (Å²) in [7, 11) is 0. The minimum absolute atomic E-state index is 0.156. The van der Waals surface area contributed by atoms with E-state index in [0.29, 0.717) is 6.42 Å². The quantitative estimate of drug-likeness (QED) is 0.800. The third-order valence-electron chi connectivity index (χ3n) is 6.08. The molecule has 2 saturated heterocycles. The fourth-order valence-electron chi connectivity index (χ4n) is 4.72. The van der Waals surface area contributed by atoms with Gasteiger partial charge in [-0.15, -0.1) is 0 Å². The van der Waals surface area contributed by atoms with Crippen LogP contribution in [0.2, 0.25) is 0 Å². The van der Waals surface area contributed by atoms with Crippen molar-refractivity contribution in [3.63, 3.8) is 0 Å². The molecule has 5 unspecified atom stereocenters. The first-order valence-electron chi connectivity index (χ1n) is 8.90. The number of amides is 3. The van der Waals surface area contributed by atoms with E-state index in [4.69, 9.17) is 0 Å². The number of nitrogens with one attached hydrogen (secondary N) is 2. The van der Waals surface area contributed by atoms with Crippen molar-refractivity contribution in [1.82, 2.24) is 10.2 Å². The Hall–Kier alpha value is -2.21. The van der Waals surface area contributed by atoms with Gasteiger partial charge in [-0.2, -0.15) is 0 Å². The van der Waals surface area contributed by atoms with Gasteiger partial charge in [-0.1, -0.05) is 24.6 Å². The van der Waals surface area contributed by atoms with Gasteiger partial charge in [-0.05, 0) is 33.3 Å². The summed E-state index contributed by atoms with van der Waals surface area (Å²) in [5.74, 6) is -1.81. The number of hydrogen-bond acceptors (Lipinski definition) is 4. The highest BCUT2D eigenvalue weighted by molar-refractivity contribution is 6.15. The van der Waals surface area contributed by atoms with E-state index >= 15 is 0 Å². The Bertz CT molecular complexity index is 805. The summed E-state index contributed by atoms with van der Waals surface area (Å²) in [5, 5.41) is 6.22. The Morgan fingerprint density at radius 3 is 2.64 bits per heavy atom. The molecule has 0 bridgehead atoms. The standard InChI is InChI=1S/C19H23N3O3/c1-5-10(3)22-16(23)14-11(4)21-19(15(14)17(22)24)12-8-9(2)6-7-13(12)20-18(19)25/h6-8,10-11,14-15,21H,5H2,1-4H3,(H,20,25). The lowest BCUT2D eigenvalue weighted by atomic mass is 9.76. The minimum Gasteiger partial charge on any atom is -0.324 e. The molecule has 25 heavy (non-hydrogen) atoms. The van der Waals surface area contributed by atoms with E-state index in [1.54, 1.807) is 0 Å². The number of likely N-dealkylation sites (tertiary alicyclic amines) is 1. The first-order chi connectivity index (χ1) is 11.8. The van der Waals surface area contributed by atoms with Crippen molar-refractivity contribution in [3.8, 4) is 0 Å². The van der Waals surface area contributed by atoms with Crippen molar-refractivity contribution < 1.29 is 14.4 Å². The van der Waals surface area contributed by atoms with Crippen LogP contribution in [-0.2, 0) is 19.9 Å². The van der Waals surface area contributed by atoms with E-state index in [9.17, 15) is 14.4 Å². The molecule has 0 radical (unpaired) electrons. The summed E-state index contributed by atoms with van der Waals surface area (Å²) >= 11 is 0. The van der Waals surface area contributed by atoms with Gasteiger partial charge in [0.1, 0.15) is 5.54 Å². The molecule has 1 spiro atoms. The maximum absolute atomic E-state index is 13.2. The summed E-state index contributed by atoms with van der Waals surface area (Å²) in [5.41, 5.74) is 1.37. The summed E-state index contributed by atoms with van der Waals surface area (Å²) in [6.45, 7) is 7.69. The van der Waals surface area contributed by atoms with Gasteiger partial charge in [-0.25, -0.2) is 0 Å². The lowest BCUT2D eigenvalue weighted by molar-refractivity contribution is -0.145. The molecule has 2 N–H and O–H groups in total. The number of benzene rings is 1. The van der Waals surface area contributed by atoms with Gasteiger partial charge in [0, 0.05) is 23.3 Å². The smallest absolute Gasteiger partial charge is 0.250 e. The molecule has 4 rings (SSSR count). The van der Waals surface area contributed by atoms with Gasteiger partial charge >= 0.3 is 0 Å². The Morgan fingerprint density at radius 2 is 1.96 bits per heavy atom. The molecule has 5 atom stereocenters. The van der Waals surface area contributed by atoms with Gasteiger partial charge in [0.2, 0.25) is 17.7 Å². The number of nitrogens with zero attached hydrogens (tertiary/aromatic N) is 1. The van der Waals surface area contributed by atoms with E-state index in [0.717, 1.165) is 16.8 Å². The molecule has 6 nitrogen and oxygen atoms in total. The predicted octanol–water partition coefficient (Wildman–Crippen LogP) is 1.53. The Morgan fingerprint density at radius 1 is 1.24 bits per heavy atom. The number of imide groups is 1. The summed E-state index contributed by atoms with van der Waals surface area (Å²) in [6, 6.07) is 5.34. The molecule has 3 amide bonds. The van der Waals surface area contributed by atoms with Crippen LogP contribution in [0.4, 0.5) is 5.69 Å². The van der Waals surface area contributed by atoms with Crippen molar-refractivity contribution in [3.05, 3.63) is 29.3 Å². The van der Waals surface area contributed by atoms with Crippen molar-refractivity contribution in [2.24, 2.45) is 11.8 Å². The summed E-state index contributed by atoms with van der Waals surface area (Å²) in [4.78, 5) is 40.6. The number of anilines is 1. The number of rotatable bonds is 2. The molecule has 3 aliphatic heterocycles. The molecule has 3 aliphatic rings. The molecule has 0 saturated carbocycles. The SMILES string of the molecule is CCC(C)N1C(=O)C2C(C)NC3(C(=O)Nc4ccc(C)cc43)C2C1=O. The second kappa shape index (κ2) is 5.14. The maximum atomic E-state index is 13.2. The maximum Gasteiger partial charge on any atom is 0.250 e. The zero-order chi connectivity index (χ0) is 18.1. The average Bonchev–Trinajstić information content (AvgIpc) is 3.12. The highest BCUT2D eigenvalue weighted by Crippen LogP contribution is 2.53. The van der Waals surface area contributed by atoms with Crippen LogP contribution in [0, 0.1) is 18.8 Å². The van der Waals surface area contributed by atoms with E-state index in [2.05, 4.69) is 10.6 Å². The van der Waals surface area contributed by atoms with Crippen LogP contribution >= 0.6 is 0 Å². The first-order valence-corrected chi connectivity index (χ1v) is 8.90. The van der Waals surface area contributed by atoms with Gasteiger partial charge in [0.25, 0.3) is 0 Å². The van der Waals surface area contributed by atoms with Crippen LogP contribution in [0.25, 0.3) is 0 Å². The molecule has 132 valence electrons. The molecule has 6 heteroatoms. The van der Waals surface area contributed by atoms with Crippen LogP contribution in [0.5, 0.6) is 0 Å². The highest BCUT2D eigenvalue weighted by atomic mass is 16.2. The molecule has 2 fully saturated rings. The van der Waals surface area contributed by atoms with E-state index in [-0.39, 0.29) is 29.8 Å². The van der Waals surface area contributed by atoms with Gasteiger partial charge in [0.15, 0.2) is 0 Å². The van der Waals surface area contributed by atoms with Crippen LogP contribution in [0.1, 0.15) is 38.3 Å². The summed E-state index contributed by atoms with van der Waals surface area (Å²) < 4.78 is 0. The number of hydrogen-bond donors (Lipinski definition) is 2. The number of fused-ring (bicyclic) bond motifs is 4. The van der Waals surface area contributed by atoms with Gasteiger partial charge in [-0.3, -0.25) is 24.6 Å². The molecule has 0 aromatic heterocycles. The van der Waals surface area contributed by atoms with Gasteiger partial charge < -0.3 is 5.32 Å². The topological polar surface area (TPSA) is 78.5 Å². The highest BCUT2D eigenvalue weighted by Gasteiger charge is 2.69. The number of carbonyl (C=O) groups is 3. The molecule has 1 aromatic carbocycles. The van der Waals surface area contributed by atoms with Crippen molar-refractivity contribution in [2.75, 3.05) is 5.32 Å². The lowest BCUT2D eigenvalue weighted by Gasteiger charge is -2.30. The normalized spacial score (nSPS) is 34.5. The van der Waals surface area contributed by atoms with Crippen molar-refractivity contribution in [2.45, 2.75) is 51.7 Å². The van der Waals surface area contributed by atoms with Crippen LogP contribution < -0.4 is 10.6 Å². The Kier molecular flexibility index (Phi) is 3.35. The zero-order valence-corrected chi connectivity index (χ0v) is 14.9. The largest absolute Gasteiger partial charge is 0.324 e. The number of aryl methyl sites for hydroxylation is 1. The third kappa shape index (κ3) is 1.86. The fraction of sp³-hybridized carbons (Fsp3) is 0.526. The molecule has 0 aliphatic carbocycles. The second-order valence-electron chi connectivity index (χ2n) is 7.55. The molecule has 3 heterocycles. The zero-order valence-electron chi connectivity index (χ0n) is 14.9. The first kappa shape index (κ1) is 16.3. The van der Waals surface area contributed by atoms with Crippen LogP contribution in [0.3, 0.4) is 0 Å². The second-order valence-corrected chi connectivity index (χ2v) is 7.55. The van der Waals surface area contributed by atoms with E-state index in [1.807, 2.05) is 45.9 Å². The molecular weight excluding hydrogens is 318 g/mol. The fourth-order valence-corrected chi connectivity index (χ4v) is 4.72. The minimum atomic E-state index is -1.15. The van der Waals surface area contributed by atoms with E-state index < -0.39 is 17.4 Å². The lowest BCUT2D eigenvalue weighted by Crippen LogP contribution is -2.53. The number of carbonyl (C=O) groups excluding carboxylic acids is 3. The van der Waals surface area contributed by atoms with Crippen LogP contribution in [0.15, 0.2) is 18.2 Å². The monoisotopic (exact) mass is 341 g/mol. The van der Waals surface area contributed by atoms with Crippen molar-refractivity contribution >= 4 is 23.4 Å². The van der Waals surface area contributed by atoms with Gasteiger partial charge in [0.05, 0.1) is 11.8 Å². The Labute approximate surface area is 147 Å². The summed E-state index contributed by atoms with van der Waals surface area (Å²) in [6.07, 6.45) is 0.702. The van der Waals surface area contributed by atoms with Crippen LogP contribution in [-0.4, -0.2) is 34.7 Å². The van der Waals surface area contributed by atoms with E-state index in [1.165, 1.54) is 4.90 Å². The third-order valence-corrected chi connectivity index (χ3v) is 6.08. The average molecular weight is 341 g/mol.